The second-order valence-electron chi connectivity index (χ2n) is 4.20. The normalized spacial score (nSPS) is 16.9. The topological polar surface area (TPSA) is 46.5 Å². The van der Waals surface area contributed by atoms with Gasteiger partial charge in [-0.05, 0) is 36.6 Å². The van der Waals surface area contributed by atoms with Crippen molar-refractivity contribution in [2.24, 2.45) is 0 Å². The SMILES string of the molecule is COc1ccc(F)c(C2(CC(=O)O)CC2)c1. The van der Waals surface area contributed by atoms with E-state index in [4.69, 9.17) is 9.84 Å². The molecule has 1 aromatic rings. The molecule has 0 radical (unpaired) electrons. The van der Waals surface area contributed by atoms with E-state index in [0.717, 1.165) is 12.8 Å². The van der Waals surface area contributed by atoms with E-state index in [9.17, 15) is 9.18 Å². The van der Waals surface area contributed by atoms with Gasteiger partial charge in [-0.15, -0.1) is 0 Å². The molecule has 1 aliphatic rings. The summed E-state index contributed by atoms with van der Waals surface area (Å²) < 4.78 is 18.7. The van der Waals surface area contributed by atoms with Crippen molar-refractivity contribution >= 4 is 5.97 Å². The molecule has 1 fully saturated rings. The fraction of sp³-hybridized carbons (Fsp3) is 0.417. The molecule has 4 heteroatoms. The van der Waals surface area contributed by atoms with Crippen LogP contribution in [0.4, 0.5) is 4.39 Å². The number of hydrogen-bond acceptors (Lipinski definition) is 2. The second-order valence-corrected chi connectivity index (χ2v) is 4.20. The summed E-state index contributed by atoms with van der Waals surface area (Å²) in [4.78, 5) is 10.7. The molecular weight excluding hydrogens is 211 g/mol. The predicted molar refractivity (Wildman–Crippen MR) is 56.1 cm³/mol. The number of benzene rings is 1. The molecule has 1 N–H and O–H groups in total. The standard InChI is InChI=1S/C12H13FO3/c1-16-8-2-3-10(13)9(6-8)12(4-5-12)7-11(14)15/h2-3,6H,4-5,7H2,1H3,(H,14,15). The monoisotopic (exact) mass is 224 g/mol. The zero-order valence-electron chi connectivity index (χ0n) is 9.00. The molecular formula is C12H13FO3. The van der Waals surface area contributed by atoms with E-state index in [0.29, 0.717) is 11.3 Å². The van der Waals surface area contributed by atoms with Crippen LogP contribution in [-0.4, -0.2) is 18.2 Å². The molecule has 0 spiro atoms. The Hall–Kier alpha value is -1.58. The van der Waals surface area contributed by atoms with Crippen molar-refractivity contribution in [3.05, 3.63) is 29.6 Å². The van der Waals surface area contributed by atoms with Gasteiger partial charge in [0.25, 0.3) is 0 Å². The minimum Gasteiger partial charge on any atom is -0.497 e. The summed E-state index contributed by atoms with van der Waals surface area (Å²) in [5.41, 5.74) is -0.0426. The molecule has 0 atom stereocenters. The van der Waals surface area contributed by atoms with Crippen molar-refractivity contribution in [2.45, 2.75) is 24.7 Å². The third-order valence-corrected chi connectivity index (χ3v) is 3.09. The number of aliphatic carboxylic acids is 1. The zero-order valence-corrected chi connectivity index (χ0v) is 9.00. The third-order valence-electron chi connectivity index (χ3n) is 3.09. The van der Waals surface area contributed by atoms with Crippen LogP contribution in [0.15, 0.2) is 18.2 Å². The van der Waals surface area contributed by atoms with Crippen molar-refractivity contribution in [1.29, 1.82) is 0 Å². The van der Waals surface area contributed by atoms with Crippen molar-refractivity contribution in [3.63, 3.8) is 0 Å². The lowest BCUT2D eigenvalue weighted by molar-refractivity contribution is -0.137. The number of carboxylic acid groups (broad SMARTS) is 1. The molecule has 0 heterocycles. The molecule has 0 aromatic heterocycles. The Bertz CT molecular complexity index is 424. The summed E-state index contributed by atoms with van der Waals surface area (Å²) in [6.07, 6.45) is 1.43. The molecule has 16 heavy (non-hydrogen) atoms. The van der Waals surface area contributed by atoms with Gasteiger partial charge in [0, 0.05) is 5.41 Å². The number of carboxylic acids is 1. The maximum absolute atomic E-state index is 13.6. The van der Waals surface area contributed by atoms with Gasteiger partial charge in [-0.1, -0.05) is 0 Å². The van der Waals surface area contributed by atoms with Crippen LogP contribution < -0.4 is 4.74 Å². The smallest absolute Gasteiger partial charge is 0.304 e. The van der Waals surface area contributed by atoms with Gasteiger partial charge in [0.2, 0.25) is 0 Å². The highest BCUT2D eigenvalue weighted by atomic mass is 19.1. The highest BCUT2D eigenvalue weighted by Gasteiger charge is 2.47. The summed E-state index contributed by atoms with van der Waals surface area (Å²) in [6, 6.07) is 4.47. The number of hydrogen-bond donors (Lipinski definition) is 1. The fourth-order valence-corrected chi connectivity index (χ4v) is 2.02. The Labute approximate surface area is 92.9 Å². The van der Waals surface area contributed by atoms with Crippen LogP contribution in [0.3, 0.4) is 0 Å². The molecule has 0 aliphatic heterocycles. The summed E-state index contributed by atoms with van der Waals surface area (Å²) in [6.45, 7) is 0. The summed E-state index contributed by atoms with van der Waals surface area (Å²) in [5, 5.41) is 8.81. The first-order chi connectivity index (χ1) is 7.57. The van der Waals surface area contributed by atoms with Crippen molar-refractivity contribution < 1.29 is 19.0 Å². The van der Waals surface area contributed by atoms with Crippen LogP contribution in [0.5, 0.6) is 5.75 Å². The van der Waals surface area contributed by atoms with E-state index in [1.807, 2.05) is 0 Å². The Balaban J connectivity index is 2.35. The van der Waals surface area contributed by atoms with Crippen LogP contribution in [0.25, 0.3) is 0 Å². The number of carbonyl (C=O) groups is 1. The largest absolute Gasteiger partial charge is 0.497 e. The van der Waals surface area contributed by atoms with Crippen LogP contribution in [0.2, 0.25) is 0 Å². The van der Waals surface area contributed by atoms with Gasteiger partial charge >= 0.3 is 5.97 Å². The van der Waals surface area contributed by atoms with Crippen LogP contribution in [0.1, 0.15) is 24.8 Å². The molecule has 0 amide bonds. The Morgan fingerprint density at radius 3 is 2.75 bits per heavy atom. The molecule has 1 saturated carbocycles. The van der Waals surface area contributed by atoms with Gasteiger partial charge in [0.15, 0.2) is 0 Å². The van der Waals surface area contributed by atoms with E-state index in [1.165, 1.54) is 19.2 Å². The van der Waals surface area contributed by atoms with E-state index < -0.39 is 11.4 Å². The zero-order chi connectivity index (χ0) is 11.8. The van der Waals surface area contributed by atoms with E-state index in [1.54, 1.807) is 6.07 Å². The molecule has 3 nitrogen and oxygen atoms in total. The van der Waals surface area contributed by atoms with E-state index >= 15 is 0 Å². The Kier molecular flexibility index (Phi) is 2.58. The molecule has 1 aliphatic carbocycles. The van der Waals surface area contributed by atoms with E-state index in [2.05, 4.69) is 0 Å². The lowest BCUT2D eigenvalue weighted by Crippen LogP contribution is -2.14. The molecule has 0 unspecified atom stereocenters. The Morgan fingerprint density at radius 2 is 2.25 bits per heavy atom. The number of rotatable bonds is 4. The summed E-state index contributed by atoms with van der Waals surface area (Å²) >= 11 is 0. The lowest BCUT2D eigenvalue weighted by atomic mass is 9.92. The molecule has 0 saturated heterocycles. The lowest BCUT2D eigenvalue weighted by Gasteiger charge is -2.15. The van der Waals surface area contributed by atoms with E-state index in [-0.39, 0.29) is 12.2 Å². The quantitative estimate of drug-likeness (QED) is 0.853. The van der Waals surface area contributed by atoms with Crippen LogP contribution >= 0.6 is 0 Å². The molecule has 0 bridgehead atoms. The Morgan fingerprint density at radius 1 is 1.56 bits per heavy atom. The third kappa shape index (κ3) is 1.87. The maximum Gasteiger partial charge on any atom is 0.304 e. The minimum absolute atomic E-state index is 0.0168. The number of ether oxygens (including phenoxy) is 1. The van der Waals surface area contributed by atoms with Crippen molar-refractivity contribution in [3.8, 4) is 5.75 Å². The van der Waals surface area contributed by atoms with Gasteiger partial charge in [0.1, 0.15) is 11.6 Å². The van der Waals surface area contributed by atoms with Crippen LogP contribution in [-0.2, 0) is 10.2 Å². The van der Waals surface area contributed by atoms with Crippen molar-refractivity contribution in [2.75, 3.05) is 7.11 Å². The minimum atomic E-state index is -0.889. The maximum atomic E-state index is 13.6. The summed E-state index contributed by atoms with van der Waals surface area (Å²) in [5.74, 6) is -0.674. The number of methoxy groups -OCH3 is 1. The van der Waals surface area contributed by atoms with Crippen molar-refractivity contribution in [1.82, 2.24) is 0 Å². The molecule has 1 aromatic carbocycles. The highest BCUT2D eigenvalue weighted by molar-refractivity contribution is 5.70. The van der Waals surface area contributed by atoms with Gasteiger partial charge in [-0.25, -0.2) is 4.39 Å². The second kappa shape index (κ2) is 3.77. The first kappa shape index (κ1) is 10.9. The predicted octanol–water partition coefficient (Wildman–Crippen LogP) is 2.34. The van der Waals surface area contributed by atoms with Gasteiger partial charge in [0.05, 0.1) is 13.5 Å². The van der Waals surface area contributed by atoms with Gasteiger partial charge < -0.3 is 9.84 Å². The number of halogens is 1. The molecule has 86 valence electrons. The highest BCUT2D eigenvalue weighted by Crippen LogP contribution is 2.52. The summed E-state index contributed by atoms with van der Waals surface area (Å²) in [7, 11) is 1.51. The fourth-order valence-electron chi connectivity index (χ4n) is 2.02. The van der Waals surface area contributed by atoms with Gasteiger partial charge in [-0.2, -0.15) is 0 Å². The van der Waals surface area contributed by atoms with Gasteiger partial charge in [-0.3, -0.25) is 4.79 Å². The average molecular weight is 224 g/mol. The first-order valence-electron chi connectivity index (χ1n) is 5.13. The van der Waals surface area contributed by atoms with Crippen LogP contribution in [0, 0.1) is 5.82 Å². The molecule has 2 rings (SSSR count). The first-order valence-corrected chi connectivity index (χ1v) is 5.13. The average Bonchev–Trinajstić information content (AvgIpc) is 2.98.